The van der Waals surface area contributed by atoms with Gasteiger partial charge in [-0.05, 0) is 26.0 Å². The minimum absolute atomic E-state index is 0.0694. The van der Waals surface area contributed by atoms with Crippen LogP contribution in [0.3, 0.4) is 0 Å². The predicted molar refractivity (Wildman–Crippen MR) is 80.6 cm³/mol. The summed E-state index contributed by atoms with van der Waals surface area (Å²) in [6, 6.07) is 5.56. The van der Waals surface area contributed by atoms with Gasteiger partial charge in [-0.2, -0.15) is 0 Å². The van der Waals surface area contributed by atoms with Crippen molar-refractivity contribution in [1.82, 2.24) is 5.32 Å². The van der Waals surface area contributed by atoms with Crippen molar-refractivity contribution in [2.24, 2.45) is 0 Å². The molecule has 0 radical (unpaired) electrons. The van der Waals surface area contributed by atoms with Crippen molar-refractivity contribution in [1.29, 1.82) is 0 Å². The summed E-state index contributed by atoms with van der Waals surface area (Å²) in [6.45, 7) is 3.69. The zero-order valence-corrected chi connectivity index (χ0v) is 12.8. The number of amides is 2. The van der Waals surface area contributed by atoms with Crippen LogP contribution in [0.15, 0.2) is 24.3 Å². The Morgan fingerprint density at radius 2 is 1.91 bits per heavy atom. The Morgan fingerprint density at radius 3 is 2.55 bits per heavy atom. The van der Waals surface area contributed by atoms with Crippen LogP contribution in [0.25, 0.3) is 0 Å². The molecule has 0 heterocycles. The number of benzene rings is 1. The second-order valence-corrected chi connectivity index (χ2v) is 4.55. The summed E-state index contributed by atoms with van der Waals surface area (Å²) in [5, 5.41) is 5.16. The lowest BCUT2D eigenvalue weighted by Crippen LogP contribution is -2.38. The Bertz CT molecular complexity index is 544. The number of anilines is 1. The number of ether oxygens (including phenoxy) is 2. The Kier molecular flexibility index (Phi) is 6.88. The fourth-order valence-corrected chi connectivity index (χ4v) is 1.78. The fraction of sp³-hybridized carbons (Fsp3) is 0.400. The average Bonchev–Trinajstić information content (AvgIpc) is 2.46. The SMILES string of the molecule is CCOC(=O)CC(C)NC(=O)Nc1ccccc1C(=O)OC. The molecule has 7 heteroatoms. The van der Waals surface area contributed by atoms with E-state index in [0.717, 1.165) is 0 Å². The standard InChI is InChI=1S/C15H20N2O5/c1-4-22-13(18)9-10(2)16-15(20)17-12-8-6-5-7-11(12)14(19)21-3/h5-8,10H,4,9H2,1-3H3,(H2,16,17,20). The fourth-order valence-electron chi connectivity index (χ4n) is 1.78. The summed E-state index contributed by atoms with van der Waals surface area (Å²) in [4.78, 5) is 34.8. The molecule has 0 bridgehead atoms. The van der Waals surface area contributed by atoms with Crippen LogP contribution in [0, 0.1) is 0 Å². The van der Waals surface area contributed by atoms with Gasteiger partial charge in [0.05, 0.1) is 31.4 Å². The van der Waals surface area contributed by atoms with Crippen LogP contribution in [0.5, 0.6) is 0 Å². The topological polar surface area (TPSA) is 93.7 Å². The summed E-state index contributed by atoms with van der Waals surface area (Å²) >= 11 is 0. The lowest BCUT2D eigenvalue weighted by atomic mass is 10.2. The van der Waals surface area contributed by atoms with Gasteiger partial charge in [0.1, 0.15) is 0 Å². The smallest absolute Gasteiger partial charge is 0.339 e. The maximum atomic E-state index is 11.9. The second-order valence-electron chi connectivity index (χ2n) is 4.55. The van der Waals surface area contributed by atoms with Crippen LogP contribution in [-0.4, -0.2) is 37.7 Å². The molecule has 2 N–H and O–H groups in total. The molecule has 1 aromatic carbocycles. The molecule has 1 atom stereocenters. The summed E-state index contributed by atoms with van der Waals surface area (Å²) in [5.74, 6) is -0.930. The lowest BCUT2D eigenvalue weighted by Gasteiger charge is -2.15. The molecule has 0 aliphatic heterocycles. The van der Waals surface area contributed by atoms with Gasteiger partial charge in [-0.1, -0.05) is 12.1 Å². The molecule has 7 nitrogen and oxygen atoms in total. The minimum atomic E-state index is -0.546. The first-order valence-electron chi connectivity index (χ1n) is 6.88. The molecule has 0 saturated heterocycles. The van der Waals surface area contributed by atoms with Crippen LogP contribution < -0.4 is 10.6 Å². The zero-order valence-electron chi connectivity index (χ0n) is 12.8. The van der Waals surface area contributed by atoms with E-state index in [9.17, 15) is 14.4 Å². The molecule has 0 spiro atoms. The van der Waals surface area contributed by atoms with Gasteiger partial charge in [0, 0.05) is 6.04 Å². The molecule has 0 saturated carbocycles. The number of urea groups is 1. The van der Waals surface area contributed by atoms with Crippen LogP contribution >= 0.6 is 0 Å². The van der Waals surface area contributed by atoms with E-state index in [1.165, 1.54) is 7.11 Å². The van der Waals surface area contributed by atoms with E-state index in [1.807, 2.05) is 0 Å². The monoisotopic (exact) mass is 308 g/mol. The number of esters is 2. The molecule has 0 aliphatic rings. The van der Waals surface area contributed by atoms with E-state index in [1.54, 1.807) is 38.1 Å². The molecule has 22 heavy (non-hydrogen) atoms. The van der Waals surface area contributed by atoms with Gasteiger partial charge >= 0.3 is 18.0 Å². The molecule has 120 valence electrons. The Labute approximate surface area is 129 Å². The summed E-state index contributed by atoms with van der Waals surface area (Å²) in [7, 11) is 1.26. The number of rotatable bonds is 6. The number of carbonyl (C=O) groups excluding carboxylic acids is 3. The summed E-state index contributed by atoms with van der Waals surface area (Å²) in [5.41, 5.74) is 0.577. The van der Waals surface area contributed by atoms with Gasteiger partial charge in [-0.3, -0.25) is 4.79 Å². The Balaban J connectivity index is 2.62. The normalized spacial score (nSPS) is 11.2. The maximum absolute atomic E-state index is 11.9. The summed E-state index contributed by atoms with van der Waals surface area (Å²) < 4.78 is 9.45. The highest BCUT2D eigenvalue weighted by Gasteiger charge is 2.16. The third-order valence-corrected chi connectivity index (χ3v) is 2.74. The number of methoxy groups -OCH3 is 1. The van der Waals surface area contributed by atoms with Crippen LogP contribution in [-0.2, 0) is 14.3 Å². The summed E-state index contributed by atoms with van der Waals surface area (Å²) in [6.07, 6.45) is 0.0694. The number of carbonyl (C=O) groups is 3. The molecular formula is C15H20N2O5. The number of hydrogen-bond acceptors (Lipinski definition) is 5. The average molecular weight is 308 g/mol. The van der Waals surface area contributed by atoms with E-state index in [4.69, 9.17) is 4.74 Å². The zero-order chi connectivity index (χ0) is 16.5. The molecule has 2 amide bonds. The van der Waals surface area contributed by atoms with Crippen molar-refractivity contribution in [3.8, 4) is 0 Å². The van der Waals surface area contributed by atoms with Gasteiger partial charge in [0.2, 0.25) is 0 Å². The molecule has 1 unspecified atom stereocenters. The van der Waals surface area contributed by atoms with Crippen molar-refractivity contribution in [3.63, 3.8) is 0 Å². The molecule has 1 aromatic rings. The highest BCUT2D eigenvalue weighted by Crippen LogP contribution is 2.15. The number of nitrogens with one attached hydrogen (secondary N) is 2. The van der Waals surface area contributed by atoms with E-state index >= 15 is 0 Å². The van der Waals surface area contributed by atoms with Gasteiger partial charge in [0.25, 0.3) is 0 Å². The molecular weight excluding hydrogens is 288 g/mol. The quantitative estimate of drug-likeness (QED) is 0.783. The highest BCUT2D eigenvalue weighted by atomic mass is 16.5. The molecule has 1 rings (SSSR count). The van der Waals surface area contributed by atoms with Crippen molar-refractivity contribution < 1.29 is 23.9 Å². The van der Waals surface area contributed by atoms with E-state index in [0.29, 0.717) is 12.3 Å². The van der Waals surface area contributed by atoms with Crippen LogP contribution in [0.1, 0.15) is 30.6 Å². The third-order valence-electron chi connectivity index (χ3n) is 2.74. The molecule has 0 aliphatic carbocycles. The van der Waals surface area contributed by atoms with E-state index in [2.05, 4.69) is 15.4 Å². The second kappa shape index (κ2) is 8.66. The Hall–Kier alpha value is -2.57. The van der Waals surface area contributed by atoms with Gasteiger partial charge in [-0.15, -0.1) is 0 Å². The minimum Gasteiger partial charge on any atom is -0.466 e. The Morgan fingerprint density at radius 1 is 1.23 bits per heavy atom. The van der Waals surface area contributed by atoms with Crippen LogP contribution in [0.4, 0.5) is 10.5 Å². The molecule has 0 aromatic heterocycles. The first kappa shape index (κ1) is 17.5. The highest BCUT2D eigenvalue weighted by molar-refractivity contribution is 6.00. The van der Waals surface area contributed by atoms with Gasteiger partial charge in [0.15, 0.2) is 0 Å². The van der Waals surface area contributed by atoms with Gasteiger partial charge < -0.3 is 20.1 Å². The van der Waals surface area contributed by atoms with Crippen molar-refractivity contribution in [2.75, 3.05) is 19.0 Å². The van der Waals surface area contributed by atoms with Crippen molar-refractivity contribution >= 4 is 23.7 Å². The number of para-hydroxylation sites is 1. The largest absolute Gasteiger partial charge is 0.466 e. The van der Waals surface area contributed by atoms with E-state index < -0.39 is 18.0 Å². The van der Waals surface area contributed by atoms with Crippen molar-refractivity contribution in [2.45, 2.75) is 26.3 Å². The first-order valence-corrected chi connectivity index (χ1v) is 6.88. The van der Waals surface area contributed by atoms with Gasteiger partial charge in [-0.25, -0.2) is 9.59 Å². The number of hydrogen-bond donors (Lipinski definition) is 2. The third kappa shape index (κ3) is 5.43. The van der Waals surface area contributed by atoms with Crippen LogP contribution in [0.2, 0.25) is 0 Å². The van der Waals surface area contributed by atoms with Crippen molar-refractivity contribution in [3.05, 3.63) is 29.8 Å². The molecule has 0 fully saturated rings. The van der Waals surface area contributed by atoms with E-state index in [-0.39, 0.29) is 18.0 Å². The first-order chi connectivity index (χ1) is 10.5. The lowest BCUT2D eigenvalue weighted by molar-refractivity contribution is -0.143. The predicted octanol–water partition coefficient (Wildman–Crippen LogP) is 1.94. The maximum Gasteiger partial charge on any atom is 0.339 e.